The number of hydrogen-bond acceptors (Lipinski definition) is 5. The van der Waals surface area contributed by atoms with E-state index in [1.165, 1.54) is 0 Å². The Morgan fingerprint density at radius 2 is 1.61 bits per heavy atom. The van der Waals surface area contributed by atoms with Gasteiger partial charge in [0.15, 0.2) is 0 Å². The largest absolute Gasteiger partial charge is 0.481 e. The van der Waals surface area contributed by atoms with Gasteiger partial charge in [0.25, 0.3) is 0 Å². The molecule has 0 aromatic carbocycles. The van der Waals surface area contributed by atoms with Crippen LogP contribution in [-0.4, -0.2) is 50.1 Å². The highest BCUT2D eigenvalue weighted by molar-refractivity contribution is 8.00. The molecule has 0 aliphatic heterocycles. The van der Waals surface area contributed by atoms with Crippen LogP contribution in [0.25, 0.3) is 0 Å². The van der Waals surface area contributed by atoms with Crippen LogP contribution in [0.3, 0.4) is 0 Å². The molecule has 0 aliphatic rings. The fourth-order valence-corrected chi connectivity index (χ4v) is 2.32. The third-order valence-electron chi connectivity index (χ3n) is 1.97. The Bertz CT molecular complexity index is 357. The number of carboxylic acid groups (broad SMARTS) is 3. The van der Waals surface area contributed by atoms with Crippen molar-refractivity contribution in [3.8, 4) is 0 Å². The van der Waals surface area contributed by atoms with Crippen molar-refractivity contribution in [1.29, 1.82) is 0 Å². The number of amides is 1. The zero-order valence-corrected chi connectivity index (χ0v) is 10.1. The molecule has 0 aromatic rings. The molecule has 0 saturated carbocycles. The molecule has 0 bridgehead atoms. The van der Waals surface area contributed by atoms with E-state index in [0.29, 0.717) is 11.8 Å². The van der Waals surface area contributed by atoms with E-state index >= 15 is 0 Å². The Morgan fingerprint density at radius 1 is 1.06 bits per heavy atom. The fraction of sp³-hybridized carbons (Fsp3) is 0.556. The highest BCUT2D eigenvalue weighted by Gasteiger charge is 2.35. The van der Waals surface area contributed by atoms with E-state index in [1.807, 2.05) is 0 Å². The lowest BCUT2D eigenvalue weighted by Gasteiger charge is -2.18. The Morgan fingerprint density at radius 3 is 1.94 bits per heavy atom. The normalized spacial score (nSPS) is 13.6. The van der Waals surface area contributed by atoms with E-state index in [9.17, 15) is 19.2 Å². The molecule has 0 aliphatic carbocycles. The summed E-state index contributed by atoms with van der Waals surface area (Å²) >= 11 is 0.692. The molecular formula is C9H13NO7S. The minimum atomic E-state index is -1.56. The van der Waals surface area contributed by atoms with Crippen LogP contribution in [0.2, 0.25) is 0 Å². The quantitative estimate of drug-likeness (QED) is 0.428. The maximum absolute atomic E-state index is 10.9. The van der Waals surface area contributed by atoms with Gasteiger partial charge in [0.1, 0.15) is 5.25 Å². The van der Waals surface area contributed by atoms with Gasteiger partial charge in [-0.2, -0.15) is 0 Å². The van der Waals surface area contributed by atoms with E-state index in [4.69, 9.17) is 21.1 Å². The Hall–Kier alpha value is -1.77. The van der Waals surface area contributed by atoms with Crippen LogP contribution in [0.1, 0.15) is 12.8 Å². The molecule has 0 spiro atoms. The van der Waals surface area contributed by atoms with Gasteiger partial charge in [-0.15, -0.1) is 11.8 Å². The minimum absolute atomic E-state index is 0.0235. The first-order valence-corrected chi connectivity index (χ1v) is 5.88. The zero-order chi connectivity index (χ0) is 14.3. The van der Waals surface area contributed by atoms with Gasteiger partial charge in [0.2, 0.25) is 5.91 Å². The molecule has 0 radical (unpaired) electrons. The topological polar surface area (TPSA) is 155 Å². The van der Waals surface area contributed by atoms with Crippen LogP contribution in [0.5, 0.6) is 0 Å². The number of thioether (sulfide) groups is 1. The predicted molar refractivity (Wildman–Crippen MR) is 61.1 cm³/mol. The molecule has 102 valence electrons. The van der Waals surface area contributed by atoms with Crippen molar-refractivity contribution in [1.82, 2.24) is 0 Å². The van der Waals surface area contributed by atoms with Crippen LogP contribution in [0, 0.1) is 5.92 Å². The number of aliphatic carboxylic acids is 3. The standard InChI is InChI=1S/C9H13NO7S/c10-5(11)1-2-18-7(9(16)17)4(8(14)15)3-6(12)13/h4,7H,1-3H2,(H2,10,11)(H,12,13)(H,14,15)(H,16,17). The Kier molecular flexibility index (Phi) is 6.79. The number of rotatable bonds is 9. The summed E-state index contributed by atoms with van der Waals surface area (Å²) in [5, 5.41) is 24.8. The number of primary amides is 1. The fourth-order valence-electron chi connectivity index (χ4n) is 1.16. The maximum Gasteiger partial charge on any atom is 0.317 e. The Labute approximate surface area is 106 Å². The monoisotopic (exact) mass is 279 g/mol. The van der Waals surface area contributed by atoms with Gasteiger partial charge in [0.05, 0.1) is 12.3 Å². The number of carbonyl (C=O) groups excluding carboxylic acids is 1. The molecule has 5 N–H and O–H groups in total. The van der Waals surface area contributed by atoms with Crippen LogP contribution in [-0.2, 0) is 19.2 Å². The second-order valence-corrected chi connectivity index (χ2v) is 4.64. The number of nitrogens with two attached hydrogens (primary N) is 1. The van der Waals surface area contributed by atoms with E-state index in [2.05, 4.69) is 0 Å². The van der Waals surface area contributed by atoms with Gasteiger partial charge < -0.3 is 21.1 Å². The first kappa shape index (κ1) is 16.2. The van der Waals surface area contributed by atoms with Crippen LogP contribution < -0.4 is 5.73 Å². The minimum Gasteiger partial charge on any atom is -0.481 e. The van der Waals surface area contributed by atoms with E-state index < -0.39 is 41.4 Å². The average molecular weight is 279 g/mol. The summed E-state index contributed by atoms with van der Waals surface area (Å²) in [6.07, 6.45) is -0.899. The first-order chi connectivity index (χ1) is 8.25. The first-order valence-electron chi connectivity index (χ1n) is 4.83. The van der Waals surface area contributed by atoms with Gasteiger partial charge in [0, 0.05) is 12.2 Å². The van der Waals surface area contributed by atoms with E-state index in [0.717, 1.165) is 0 Å². The summed E-state index contributed by atoms with van der Waals surface area (Å²) in [5.41, 5.74) is 4.86. The molecule has 0 fully saturated rings. The summed E-state index contributed by atoms with van der Waals surface area (Å²) in [6, 6.07) is 0. The summed E-state index contributed by atoms with van der Waals surface area (Å²) in [4.78, 5) is 42.7. The van der Waals surface area contributed by atoms with Crippen LogP contribution in [0.4, 0.5) is 0 Å². The summed E-state index contributed by atoms with van der Waals surface area (Å²) in [5.74, 6) is -6.51. The summed E-state index contributed by atoms with van der Waals surface area (Å²) < 4.78 is 0. The molecule has 9 heteroatoms. The van der Waals surface area contributed by atoms with E-state index in [-0.39, 0.29) is 12.2 Å². The van der Waals surface area contributed by atoms with Crippen LogP contribution >= 0.6 is 11.8 Å². The van der Waals surface area contributed by atoms with Gasteiger partial charge in [-0.1, -0.05) is 0 Å². The van der Waals surface area contributed by atoms with Crippen molar-refractivity contribution >= 4 is 35.6 Å². The van der Waals surface area contributed by atoms with Gasteiger partial charge in [-0.25, -0.2) is 0 Å². The van der Waals surface area contributed by atoms with Gasteiger partial charge in [-0.3, -0.25) is 19.2 Å². The molecule has 0 heterocycles. The summed E-state index contributed by atoms with van der Waals surface area (Å²) in [6.45, 7) is 0. The van der Waals surface area contributed by atoms with Crippen molar-refractivity contribution in [2.24, 2.45) is 11.7 Å². The smallest absolute Gasteiger partial charge is 0.317 e. The van der Waals surface area contributed by atoms with Gasteiger partial charge >= 0.3 is 17.9 Å². The van der Waals surface area contributed by atoms with Crippen molar-refractivity contribution in [2.45, 2.75) is 18.1 Å². The van der Waals surface area contributed by atoms with Crippen molar-refractivity contribution in [3.05, 3.63) is 0 Å². The highest BCUT2D eigenvalue weighted by Crippen LogP contribution is 2.24. The van der Waals surface area contributed by atoms with Crippen LogP contribution in [0.15, 0.2) is 0 Å². The van der Waals surface area contributed by atoms with E-state index in [1.54, 1.807) is 0 Å². The number of carbonyl (C=O) groups is 4. The summed E-state index contributed by atoms with van der Waals surface area (Å²) in [7, 11) is 0. The zero-order valence-electron chi connectivity index (χ0n) is 9.24. The molecule has 1 amide bonds. The molecular weight excluding hydrogens is 266 g/mol. The second kappa shape index (κ2) is 7.54. The van der Waals surface area contributed by atoms with Crippen molar-refractivity contribution in [3.63, 3.8) is 0 Å². The third kappa shape index (κ3) is 6.09. The third-order valence-corrected chi connectivity index (χ3v) is 3.30. The number of carboxylic acids is 3. The Balaban J connectivity index is 4.70. The molecule has 0 aromatic heterocycles. The SMILES string of the molecule is NC(=O)CCSC(C(=O)O)C(CC(=O)O)C(=O)O. The lowest BCUT2D eigenvalue weighted by molar-refractivity contribution is -0.151. The molecule has 0 saturated heterocycles. The molecule has 0 rings (SSSR count). The lowest BCUT2D eigenvalue weighted by atomic mass is 10.0. The van der Waals surface area contributed by atoms with Gasteiger partial charge in [-0.05, 0) is 0 Å². The van der Waals surface area contributed by atoms with Crippen molar-refractivity contribution < 1.29 is 34.5 Å². The average Bonchev–Trinajstić information content (AvgIpc) is 2.20. The molecule has 8 nitrogen and oxygen atoms in total. The maximum atomic E-state index is 10.9. The van der Waals surface area contributed by atoms with Crippen molar-refractivity contribution in [2.75, 3.05) is 5.75 Å². The molecule has 2 atom stereocenters. The second-order valence-electron chi connectivity index (χ2n) is 3.39. The number of hydrogen-bond donors (Lipinski definition) is 4. The highest BCUT2D eigenvalue weighted by atomic mass is 32.2. The predicted octanol–water partition coefficient (Wildman–Crippen LogP) is -0.776. The molecule has 2 unspecified atom stereocenters. The lowest BCUT2D eigenvalue weighted by Crippen LogP contribution is -2.34. The molecule has 18 heavy (non-hydrogen) atoms.